The summed E-state index contributed by atoms with van der Waals surface area (Å²) in [4.78, 5) is 24.6. The number of aryl methyl sites for hydroxylation is 1. The third-order valence-corrected chi connectivity index (χ3v) is 7.52. The van der Waals surface area contributed by atoms with Gasteiger partial charge in [-0.1, -0.05) is 17.3 Å². The molecule has 5 rings (SSSR count). The van der Waals surface area contributed by atoms with E-state index >= 15 is 0 Å². The van der Waals surface area contributed by atoms with Crippen molar-refractivity contribution in [3.8, 4) is 0 Å². The highest BCUT2D eigenvalue weighted by molar-refractivity contribution is 7.18. The van der Waals surface area contributed by atoms with E-state index in [1.54, 1.807) is 11.3 Å². The van der Waals surface area contributed by atoms with Crippen molar-refractivity contribution in [3.63, 3.8) is 0 Å². The standard InChI is InChI=1S/C23H29N5O2S/c1-17-13-19(25-30-17)15-26-9-11-27(12-10-26)16-22(29)28-8-4-5-18(14-28)23-24-20-6-2-3-7-21(20)31-23/h2-3,6-7,13,18H,4-5,8-12,14-16H2,1H3/t18-/m1/s1. The molecule has 3 aromatic rings. The van der Waals surface area contributed by atoms with Gasteiger partial charge in [-0.25, -0.2) is 4.98 Å². The van der Waals surface area contributed by atoms with Crippen LogP contribution in [0.4, 0.5) is 0 Å². The van der Waals surface area contributed by atoms with Crippen molar-refractivity contribution in [3.05, 3.63) is 46.8 Å². The summed E-state index contributed by atoms with van der Waals surface area (Å²) < 4.78 is 6.40. The normalized spacial score (nSPS) is 21.1. The van der Waals surface area contributed by atoms with Gasteiger partial charge >= 0.3 is 0 Å². The first kappa shape index (κ1) is 20.6. The maximum Gasteiger partial charge on any atom is 0.236 e. The molecule has 0 bridgehead atoms. The molecule has 164 valence electrons. The number of nitrogens with zero attached hydrogens (tertiary/aromatic N) is 5. The van der Waals surface area contributed by atoms with Crippen molar-refractivity contribution in [2.75, 3.05) is 45.8 Å². The van der Waals surface area contributed by atoms with Crippen LogP contribution < -0.4 is 0 Å². The van der Waals surface area contributed by atoms with E-state index < -0.39 is 0 Å². The summed E-state index contributed by atoms with van der Waals surface area (Å²) in [6.45, 7) is 8.65. The van der Waals surface area contributed by atoms with Crippen LogP contribution in [0.5, 0.6) is 0 Å². The average molecular weight is 440 g/mol. The second kappa shape index (κ2) is 9.06. The van der Waals surface area contributed by atoms with Crippen molar-refractivity contribution in [1.82, 2.24) is 24.8 Å². The molecule has 2 fully saturated rings. The summed E-state index contributed by atoms with van der Waals surface area (Å²) in [7, 11) is 0. The third kappa shape index (κ3) is 4.81. The monoisotopic (exact) mass is 439 g/mol. The van der Waals surface area contributed by atoms with Gasteiger partial charge < -0.3 is 9.42 Å². The molecule has 4 heterocycles. The Morgan fingerprint density at radius 1 is 1.16 bits per heavy atom. The second-order valence-electron chi connectivity index (χ2n) is 8.68. The van der Waals surface area contributed by atoms with Crippen LogP contribution in [0.3, 0.4) is 0 Å². The Labute approximate surface area is 186 Å². The Bertz CT molecular complexity index is 1010. The number of hydrogen-bond acceptors (Lipinski definition) is 7. The highest BCUT2D eigenvalue weighted by Gasteiger charge is 2.28. The van der Waals surface area contributed by atoms with Gasteiger partial charge in [-0.2, -0.15) is 0 Å². The first-order valence-corrected chi connectivity index (χ1v) is 12.0. The van der Waals surface area contributed by atoms with E-state index in [-0.39, 0.29) is 5.91 Å². The molecular formula is C23H29N5O2S. The SMILES string of the molecule is Cc1cc(CN2CCN(CC(=O)N3CCC[C@@H](c4nc5ccccc5s4)C3)CC2)no1. The number of carbonyl (C=O) groups excluding carboxylic acids is 1. The molecule has 7 nitrogen and oxygen atoms in total. The van der Waals surface area contributed by atoms with E-state index in [0.717, 1.165) is 75.6 Å². The molecule has 31 heavy (non-hydrogen) atoms. The molecule has 1 amide bonds. The Balaban J connectivity index is 1.13. The predicted octanol–water partition coefficient (Wildman–Crippen LogP) is 3.12. The predicted molar refractivity (Wildman–Crippen MR) is 121 cm³/mol. The summed E-state index contributed by atoms with van der Waals surface area (Å²) in [6, 6.07) is 10.3. The quantitative estimate of drug-likeness (QED) is 0.609. The molecule has 0 spiro atoms. The van der Waals surface area contributed by atoms with E-state index in [2.05, 4.69) is 38.1 Å². The van der Waals surface area contributed by atoms with Gasteiger partial charge in [-0.15, -0.1) is 11.3 Å². The molecule has 2 aromatic heterocycles. The minimum Gasteiger partial charge on any atom is -0.361 e. The summed E-state index contributed by atoms with van der Waals surface area (Å²) in [5.41, 5.74) is 2.06. The van der Waals surface area contributed by atoms with Crippen LogP contribution in [0.1, 0.15) is 35.2 Å². The number of likely N-dealkylation sites (tertiary alicyclic amines) is 1. The Morgan fingerprint density at radius 2 is 1.97 bits per heavy atom. The van der Waals surface area contributed by atoms with E-state index in [9.17, 15) is 4.79 Å². The van der Waals surface area contributed by atoms with E-state index in [1.807, 2.05) is 19.1 Å². The lowest BCUT2D eigenvalue weighted by atomic mass is 9.98. The molecule has 8 heteroatoms. The number of amides is 1. The maximum absolute atomic E-state index is 13.0. The molecule has 1 aromatic carbocycles. The molecule has 0 N–H and O–H groups in total. The van der Waals surface area contributed by atoms with Crippen LogP contribution in [0.2, 0.25) is 0 Å². The van der Waals surface area contributed by atoms with Crippen LogP contribution in [0.25, 0.3) is 10.2 Å². The number of fused-ring (bicyclic) bond motifs is 1. The van der Waals surface area contributed by atoms with Gasteiger partial charge in [0.2, 0.25) is 5.91 Å². The highest BCUT2D eigenvalue weighted by Crippen LogP contribution is 2.33. The maximum atomic E-state index is 13.0. The zero-order valence-corrected chi connectivity index (χ0v) is 18.8. The molecule has 0 radical (unpaired) electrons. The molecular weight excluding hydrogens is 410 g/mol. The largest absolute Gasteiger partial charge is 0.361 e. The molecule has 2 aliphatic heterocycles. The summed E-state index contributed by atoms with van der Waals surface area (Å²) in [5, 5.41) is 5.27. The van der Waals surface area contributed by atoms with Gasteiger partial charge in [-0.3, -0.25) is 14.6 Å². The van der Waals surface area contributed by atoms with Crippen LogP contribution in [0.15, 0.2) is 34.9 Å². The fourth-order valence-corrected chi connectivity index (χ4v) is 5.68. The molecule has 0 unspecified atom stereocenters. The highest BCUT2D eigenvalue weighted by atomic mass is 32.1. The number of benzene rings is 1. The minimum absolute atomic E-state index is 0.256. The lowest BCUT2D eigenvalue weighted by Crippen LogP contribution is -2.50. The fourth-order valence-electron chi connectivity index (χ4n) is 4.59. The van der Waals surface area contributed by atoms with Crippen molar-refractivity contribution < 1.29 is 9.32 Å². The first-order valence-electron chi connectivity index (χ1n) is 11.1. The van der Waals surface area contributed by atoms with Crippen LogP contribution in [-0.4, -0.2) is 76.6 Å². The van der Waals surface area contributed by atoms with Crippen molar-refractivity contribution >= 4 is 27.5 Å². The van der Waals surface area contributed by atoms with Gasteiger partial charge in [0.25, 0.3) is 0 Å². The van der Waals surface area contributed by atoms with Crippen LogP contribution in [-0.2, 0) is 11.3 Å². The van der Waals surface area contributed by atoms with E-state index in [0.29, 0.717) is 12.5 Å². The lowest BCUT2D eigenvalue weighted by molar-refractivity contribution is -0.134. The van der Waals surface area contributed by atoms with Gasteiger partial charge in [0.05, 0.1) is 27.5 Å². The molecule has 2 saturated heterocycles. The zero-order chi connectivity index (χ0) is 21.2. The molecule has 2 aliphatic rings. The van der Waals surface area contributed by atoms with E-state index in [4.69, 9.17) is 9.51 Å². The minimum atomic E-state index is 0.256. The van der Waals surface area contributed by atoms with Gasteiger partial charge in [0.1, 0.15) is 5.76 Å². The summed E-state index contributed by atoms with van der Waals surface area (Å²) in [6.07, 6.45) is 2.17. The number of aromatic nitrogens is 2. The molecule has 1 atom stereocenters. The molecule has 0 saturated carbocycles. The average Bonchev–Trinajstić information content (AvgIpc) is 3.41. The number of para-hydroxylation sites is 1. The number of piperidine rings is 1. The van der Waals surface area contributed by atoms with Crippen molar-refractivity contribution in [2.24, 2.45) is 0 Å². The van der Waals surface area contributed by atoms with Gasteiger partial charge in [-0.05, 0) is 31.9 Å². The number of rotatable bonds is 5. The first-order chi connectivity index (χ1) is 15.1. The third-order valence-electron chi connectivity index (χ3n) is 6.32. The van der Waals surface area contributed by atoms with Gasteiger partial charge in [0, 0.05) is 57.8 Å². The zero-order valence-electron chi connectivity index (χ0n) is 18.0. The van der Waals surface area contributed by atoms with E-state index in [1.165, 1.54) is 9.71 Å². The van der Waals surface area contributed by atoms with Crippen LogP contribution >= 0.6 is 11.3 Å². The second-order valence-corrected chi connectivity index (χ2v) is 9.74. The van der Waals surface area contributed by atoms with Crippen LogP contribution in [0, 0.1) is 6.92 Å². The number of piperazine rings is 1. The summed E-state index contributed by atoms with van der Waals surface area (Å²) in [5.74, 6) is 1.47. The Kier molecular flexibility index (Phi) is 6.02. The Morgan fingerprint density at radius 3 is 2.74 bits per heavy atom. The van der Waals surface area contributed by atoms with Gasteiger partial charge in [0.15, 0.2) is 0 Å². The Hall–Kier alpha value is -2.29. The van der Waals surface area contributed by atoms with Crippen molar-refractivity contribution in [1.29, 1.82) is 0 Å². The number of thiazole rings is 1. The number of hydrogen-bond donors (Lipinski definition) is 0. The topological polar surface area (TPSA) is 65.7 Å². The van der Waals surface area contributed by atoms with Crippen molar-refractivity contribution in [2.45, 2.75) is 32.2 Å². The lowest BCUT2D eigenvalue weighted by Gasteiger charge is -2.36. The smallest absolute Gasteiger partial charge is 0.236 e. The summed E-state index contributed by atoms with van der Waals surface area (Å²) >= 11 is 1.78. The molecule has 0 aliphatic carbocycles. The number of carbonyl (C=O) groups is 1. The fraction of sp³-hybridized carbons (Fsp3) is 0.522.